The minimum absolute atomic E-state index is 0.194. The number of benzene rings is 2. The van der Waals surface area contributed by atoms with Gasteiger partial charge < -0.3 is 19.7 Å². The monoisotopic (exact) mass is 358 g/mol. The van der Waals surface area contributed by atoms with Gasteiger partial charge in [-0.25, -0.2) is 0 Å². The average Bonchev–Trinajstić information content (AvgIpc) is 2.69. The Morgan fingerprint density at radius 1 is 0.577 bits per heavy atom. The van der Waals surface area contributed by atoms with Gasteiger partial charge in [-0.1, -0.05) is 0 Å². The van der Waals surface area contributed by atoms with Gasteiger partial charge in [0.2, 0.25) is 0 Å². The minimum atomic E-state index is 0.194. The summed E-state index contributed by atoms with van der Waals surface area (Å²) >= 11 is 0. The van der Waals surface area contributed by atoms with Crippen molar-refractivity contribution in [2.45, 2.75) is 25.7 Å². The van der Waals surface area contributed by atoms with Crippen molar-refractivity contribution in [3.05, 3.63) is 48.5 Å². The Kier molecular flexibility index (Phi) is 9.18. The largest absolute Gasteiger partial charge is 0.494 e. The maximum absolute atomic E-state index is 8.73. The molecule has 6 heteroatoms. The van der Waals surface area contributed by atoms with Crippen molar-refractivity contribution < 1.29 is 19.7 Å². The number of hydrogen-bond acceptors (Lipinski definition) is 6. The zero-order chi connectivity index (χ0) is 18.5. The quantitative estimate of drug-likeness (QED) is 0.435. The van der Waals surface area contributed by atoms with E-state index in [0.717, 1.165) is 48.6 Å². The molecule has 26 heavy (non-hydrogen) atoms. The molecule has 2 rings (SSSR count). The molecule has 6 nitrogen and oxygen atoms in total. The van der Waals surface area contributed by atoms with Crippen LogP contribution < -0.4 is 9.47 Å². The first-order valence-electron chi connectivity index (χ1n) is 8.91. The van der Waals surface area contributed by atoms with Gasteiger partial charge in [0.15, 0.2) is 0 Å². The second-order valence-electron chi connectivity index (χ2n) is 5.75. The van der Waals surface area contributed by atoms with Crippen LogP contribution in [-0.2, 0) is 0 Å². The lowest BCUT2D eigenvalue weighted by Crippen LogP contribution is -1.98. The maximum Gasteiger partial charge on any atom is 0.119 e. The Hall–Kier alpha value is -2.44. The Balaban J connectivity index is 1.79. The van der Waals surface area contributed by atoms with Crippen LogP contribution in [0.1, 0.15) is 25.7 Å². The van der Waals surface area contributed by atoms with E-state index in [-0.39, 0.29) is 13.2 Å². The molecule has 0 fully saturated rings. The fourth-order valence-electron chi connectivity index (χ4n) is 2.14. The molecule has 0 unspecified atom stereocenters. The molecule has 0 saturated heterocycles. The van der Waals surface area contributed by atoms with Crippen molar-refractivity contribution in [1.29, 1.82) is 0 Å². The molecule has 140 valence electrons. The molecular formula is C20H26N2O4. The first-order chi connectivity index (χ1) is 12.8. The van der Waals surface area contributed by atoms with E-state index in [1.807, 2.05) is 48.5 Å². The van der Waals surface area contributed by atoms with Crippen molar-refractivity contribution in [2.75, 3.05) is 26.4 Å². The summed E-state index contributed by atoms with van der Waals surface area (Å²) in [5, 5.41) is 25.9. The number of aliphatic hydroxyl groups is 2. The first-order valence-corrected chi connectivity index (χ1v) is 8.91. The van der Waals surface area contributed by atoms with Crippen LogP contribution in [0.25, 0.3) is 0 Å². The minimum Gasteiger partial charge on any atom is -0.494 e. The number of nitrogens with zero attached hydrogens (tertiary/aromatic N) is 2. The molecule has 0 amide bonds. The topological polar surface area (TPSA) is 83.6 Å². The lowest BCUT2D eigenvalue weighted by molar-refractivity contribution is 0.253. The van der Waals surface area contributed by atoms with E-state index in [2.05, 4.69) is 10.2 Å². The van der Waals surface area contributed by atoms with E-state index in [9.17, 15) is 0 Å². The summed E-state index contributed by atoms with van der Waals surface area (Å²) in [6.45, 7) is 1.57. The summed E-state index contributed by atoms with van der Waals surface area (Å²) in [6, 6.07) is 14.8. The molecule has 2 aromatic carbocycles. The van der Waals surface area contributed by atoms with E-state index in [0.29, 0.717) is 13.2 Å². The molecule has 0 saturated carbocycles. The third-order valence-corrected chi connectivity index (χ3v) is 3.60. The predicted molar refractivity (Wildman–Crippen MR) is 101 cm³/mol. The standard InChI is InChI=1S/C20H26N2O4/c23-13-1-3-15-25-19-9-5-17(6-10-19)21-22-18-7-11-20(12-8-18)26-16-4-2-14-24/h5-12,23-24H,1-4,13-16H2. The second kappa shape index (κ2) is 12.0. The second-order valence-corrected chi connectivity index (χ2v) is 5.75. The van der Waals surface area contributed by atoms with Crippen LogP contribution >= 0.6 is 0 Å². The van der Waals surface area contributed by atoms with Gasteiger partial charge in [0, 0.05) is 13.2 Å². The first kappa shape index (κ1) is 19.9. The highest BCUT2D eigenvalue weighted by Gasteiger charge is 1.97. The van der Waals surface area contributed by atoms with Gasteiger partial charge >= 0.3 is 0 Å². The molecule has 0 spiro atoms. The third-order valence-electron chi connectivity index (χ3n) is 3.60. The van der Waals surface area contributed by atoms with Crippen molar-refractivity contribution in [1.82, 2.24) is 0 Å². The molecule has 0 radical (unpaired) electrons. The number of unbranched alkanes of at least 4 members (excludes halogenated alkanes) is 2. The zero-order valence-electron chi connectivity index (χ0n) is 14.9. The Morgan fingerprint density at radius 3 is 1.31 bits per heavy atom. The normalized spacial score (nSPS) is 11.0. The summed E-state index contributed by atoms with van der Waals surface area (Å²) in [4.78, 5) is 0. The zero-order valence-corrected chi connectivity index (χ0v) is 14.9. The molecule has 2 aromatic rings. The van der Waals surface area contributed by atoms with Gasteiger partial charge in [-0.15, -0.1) is 0 Å². The van der Waals surface area contributed by atoms with Crippen LogP contribution in [0.4, 0.5) is 11.4 Å². The number of azo groups is 1. The highest BCUT2D eigenvalue weighted by Crippen LogP contribution is 2.23. The van der Waals surface area contributed by atoms with Gasteiger partial charge in [0.05, 0.1) is 24.6 Å². The Bertz CT molecular complexity index is 584. The van der Waals surface area contributed by atoms with E-state index < -0.39 is 0 Å². The summed E-state index contributed by atoms with van der Waals surface area (Å²) in [7, 11) is 0. The highest BCUT2D eigenvalue weighted by atomic mass is 16.5. The molecular weight excluding hydrogens is 332 g/mol. The molecule has 0 aromatic heterocycles. The van der Waals surface area contributed by atoms with E-state index >= 15 is 0 Å². The fourth-order valence-corrected chi connectivity index (χ4v) is 2.14. The van der Waals surface area contributed by atoms with Crippen LogP contribution in [0, 0.1) is 0 Å². The molecule has 0 heterocycles. The molecule has 0 atom stereocenters. The van der Waals surface area contributed by atoms with Crippen molar-refractivity contribution in [3.63, 3.8) is 0 Å². The van der Waals surface area contributed by atoms with Gasteiger partial charge in [-0.3, -0.25) is 0 Å². The lowest BCUT2D eigenvalue weighted by atomic mass is 10.3. The maximum atomic E-state index is 8.73. The Labute approximate surface area is 154 Å². The van der Waals surface area contributed by atoms with Crippen LogP contribution in [0.2, 0.25) is 0 Å². The summed E-state index contributed by atoms with van der Waals surface area (Å²) in [6.07, 6.45) is 3.16. The summed E-state index contributed by atoms with van der Waals surface area (Å²) in [5.41, 5.74) is 1.49. The third kappa shape index (κ3) is 7.63. The molecule has 0 aliphatic heterocycles. The SMILES string of the molecule is OCCCCOc1ccc(N=Nc2ccc(OCCCCO)cc2)cc1. The Morgan fingerprint density at radius 2 is 0.962 bits per heavy atom. The smallest absolute Gasteiger partial charge is 0.119 e. The number of hydrogen-bond donors (Lipinski definition) is 2. The summed E-state index contributed by atoms with van der Waals surface area (Å²) in [5.74, 6) is 1.56. The number of aliphatic hydroxyl groups excluding tert-OH is 2. The highest BCUT2D eigenvalue weighted by molar-refractivity contribution is 5.44. The predicted octanol–water partition coefficient (Wildman–Crippen LogP) is 4.40. The van der Waals surface area contributed by atoms with Gasteiger partial charge in [0.1, 0.15) is 11.5 Å². The molecule has 0 aliphatic rings. The van der Waals surface area contributed by atoms with E-state index in [4.69, 9.17) is 19.7 Å². The van der Waals surface area contributed by atoms with Crippen LogP contribution in [0.15, 0.2) is 58.8 Å². The van der Waals surface area contributed by atoms with Crippen LogP contribution in [0.3, 0.4) is 0 Å². The lowest BCUT2D eigenvalue weighted by Gasteiger charge is -2.05. The molecule has 0 bridgehead atoms. The van der Waals surface area contributed by atoms with Crippen LogP contribution in [-0.4, -0.2) is 36.6 Å². The molecule has 2 N–H and O–H groups in total. The number of rotatable bonds is 12. The van der Waals surface area contributed by atoms with Crippen molar-refractivity contribution in [3.8, 4) is 11.5 Å². The van der Waals surface area contributed by atoms with E-state index in [1.165, 1.54) is 0 Å². The average molecular weight is 358 g/mol. The number of ether oxygens (including phenoxy) is 2. The van der Waals surface area contributed by atoms with E-state index in [1.54, 1.807) is 0 Å². The molecule has 0 aliphatic carbocycles. The summed E-state index contributed by atoms with van der Waals surface area (Å²) < 4.78 is 11.2. The van der Waals surface area contributed by atoms with Crippen LogP contribution in [0.5, 0.6) is 11.5 Å². The fraction of sp³-hybridized carbons (Fsp3) is 0.400. The van der Waals surface area contributed by atoms with Gasteiger partial charge in [-0.2, -0.15) is 10.2 Å². The van der Waals surface area contributed by atoms with Crippen molar-refractivity contribution in [2.24, 2.45) is 10.2 Å². The van der Waals surface area contributed by atoms with Gasteiger partial charge in [-0.05, 0) is 74.2 Å². The van der Waals surface area contributed by atoms with Crippen molar-refractivity contribution >= 4 is 11.4 Å². The van der Waals surface area contributed by atoms with Gasteiger partial charge in [0.25, 0.3) is 0 Å².